The van der Waals surface area contributed by atoms with Crippen LogP contribution in [0.15, 0.2) is 109 Å². The fourth-order valence-corrected chi connectivity index (χ4v) is 8.50. The van der Waals surface area contributed by atoms with Crippen LogP contribution in [0, 0.1) is 0 Å². The van der Waals surface area contributed by atoms with Crippen LogP contribution in [0.25, 0.3) is 65.7 Å². The smallest absolute Gasteiger partial charge is 0.127 e. The molecule has 0 spiro atoms. The van der Waals surface area contributed by atoms with Gasteiger partial charge in [-0.2, -0.15) is 0 Å². The van der Waals surface area contributed by atoms with Crippen molar-refractivity contribution in [1.82, 2.24) is 0 Å². The van der Waals surface area contributed by atoms with E-state index in [1.54, 1.807) is 0 Å². The average molecular weight is 889 g/mol. The fraction of sp³-hybridized carbons (Fsp3) is 0.333. The van der Waals surface area contributed by atoms with Gasteiger partial charge in [0.2, 0.25) is 0 Å². The maximum absolute atomic E-state index is 6.42. The Hall–Kier alpha value is -6.12. The second-order valence-corrected chi connectivity index (χ2v) is 17.9. The Morgan fingerprint density at radius 1 is 0.288 bits per heavy atom. The third-order valence-electron chi connectivity index (χ3n) is 12.7. The van der Waals surface area contributed by atoms with Crippen molar-refractivity contribution in [2.45, 2.75) is 36.6 Å². The van der Waals surface area contributed by atoms with Gasteiger partial charge >= 0.3 is 0 Å². The summed E-state index contributed by atoms with van der Waals surface area (Å²) in [6, 6.07) is 38.3. The summed E-state index contributed by atoms with van der Waals surface area (Å²) in [5.74, 6) is 4.64. The molecule has 336 valence electrons. The molecule has 6 saturated heterocycles. The second-order valence-electron chi connectivity index (χ2n) is 17.9. The summed E-state index contributed by atoms with van der Waals surface area (Å²) >= 11 is 0. The quantitative estimate of drug-likeness (QED) is 0.0640. The predicted octanol–water partition coefficient (Wildman–Crippen LogP) is 8.81. The first-order chi connectivity index (χ1) is 32.6. The van der Waals surface area contributed by atoms with Crippen LogP contribution in [0.1, 0.15) is 0 Å². The zero-order valence-corrected chi connectivity index (χ0v) is 36.2. The summed E-state index contributed by atoms with van der Waals surface area (Å²) in [5, 5.41) is 5.99. The van der Waals surface area contributed by atoms with E-state index >= 15 is 0 Å². The van der Waals surface area contributed by atoms with E-state index in [-0.39, 0.29) is 36.6 Å². The summed E-state index contributed by atoms with van der Waals surface area (Å²) in [6.45, 7) is 7.28. The van der Waals surface area contributed by atoms with Gasteiger partial charge in [0.25, 0.3) is 0 Å². The predicted molar refractivity (Wildman–Crippen MR) is 247 cm³/mol. The monoisotopic (exact) mass is 888 g/mol. The maximum Gasteiger partial charge on any atom is 0.127 e. The average Bonchev–Trinajstić information content (AvgIpc) is 4.13. The lowest BCUT2D eigenvalue weighted by Crippen LogP contribution is -2.06. The molecule has 0 aliphatic carbocycles. The fourth-order valence-electron chi connectivity index (χ4n) is 8.50. The number of hydrogen-bond donors (Lipinski definition) is 0. The molecule has 12 heteroatoms. The number of rotatable bonds is 21. The molecule has 12 nitrogen and oxygen atoms in total. The van der Waals surface area contributed by atoms with E-state index in [1.165, 1.54) is 0 Å². The Labute approximate surface area is 381 Å². The summed E-state index contributed by atoms with van der Waals surface area (Å²) in [5.41, 5.74) is 6.28. The number of fused-ring (bicyclic) bond motifs is 3. The lowest BCUT2D eigenvalue weighted by Gasteiger charge is -2.19. The molecule has 6 fully saturated rings. The van der Waals surface area contributed by atoms with E-state index in [0.717, 1.165) is 120 Å². The highest BCUT2D eigenvalue weighted by Crippen LogP contribution is 2.45. The van der Waals surface area contributed by atoms with Crippen LogP contribution in [0.4, 0.5) is 0 Å². The van der Waals surface area contributed by atoms with Crippen molar-refractivity contribution >= 4 is 32.3 Å². The molecule has 0 amide bonds. The first kappa shape index (κ1) is 40.2. The van der Waals surface area contributed by atoms with Gasteiger partial charge in [-0.15, -0.1) is 0 Å². The Balaban J connectivity index is 0.970. The van der Waals surface area contributed by atoms with Crippen molar-refractivity contribution in [1.29, 1.82) is 0 Å². The first-order valence-electron chi connectivity index (χ1n) is 22.9. The van der Waals surface area contributed by atoms with Crippen LogP contribution in [-0.2, 0) is 28.4 Å². The Morgan fingerprint density at radius 3 is 0.803 bits per heavy atom. The minimum absolute atomic E-state index is 0.109. The summed E-state index contributed by atoms with van der Waals surface area (Å²) in [7, 11) is 0. The van der Waals surface area contributed by atoms with Crippen molar-refractivity contribution in [3.05, 3.63) is 109 Å². The first-order valence-corrected chi connectivity index (χ1v) is 22.9. The topological polar surface area (TPSA) is 131 Å². The van der Waals surface area contributed by atoms with Crippen molar-refractivity contribution in [3.63, 3.8) is 0 Å². The van der Waals surface area contributed by atoms with Gasteiger partial charge in [-0.25, -0.2) is 0 Å². The van der Waals surface area contributed by atoms with Crippen molar-refractivity contribution < 1.29 is 56.8 Å². The van der Waals surface area contributed by atoms with Gasteiger partial charge in [0, 0.05) is 16.2 Å². The van der Waals surface area contributed by atoms with Crippen molar-refractivity contribution in [3.8, 4) is 67.9 Å². The van der Waals surface area contributed by atoms with Crippen molar-refractivity contribution in [2.75, 3.05) is 79.3 Å². The molecule has 6 aliphatic rings. The molecule has 0 N–H and O–H groups in total. The minimum atomic E-state index is 0.109. The molecule has 6 atom stereocenters. The molecule has 13 rings (SSSR count). The number of benzene rings is 7. The van der Waals surface area contributed by atoms with E-state index in [9.17, 15) is 0 Å². The lowest BCUT2D eigenvalue weighted by molar-refractivity contribution is 0.262. The molecule has 7 aromatic carbocycles. The highest BCUT2D eigenvalue weighted by atomic mass is 16.6. The number of ether oxygens (including phenoxy) is 12. The molecular formula is C54H48O12. The van der Waals surface area contributed by atoms with E-state index < -0.39 is 0 Å². The second kappa shape index (κ2) is 16.9. The summed E-state index contributed by atoms with van der Waals surface area (Å²) in [4.78, 5) is 0. The molecule has 6 unspecified atom stereocenters. The van der Waals surface area contributed by atoms with Crippen molar-refractivity contribution in [2.24, 2.45) is 0 Å². The van der Waals surface area contributed by atoms with Crippen LogP contribution >= 0.6 is 0 Å². The van der Waals surface area contributed by atoms with E-state index in [2.05, 4.69) is 91.0 Å². The summed E-state index contributed by atoms with van der Waals surface area (Å²) in [6.07, 6.45) is 0.734. The molecule has 6 heterocycles. The standard InChI is InChI=1S/C54H48O12/c1-4-46-43(7-10-52(64-28-40-25-61-40)49(46)16-34(1)55-19-37-22-58-37)31-13-32(44-8-11-53(65-29-41-26-62-41)50-17-35(2-5-47(44)50)56-20-38-23-59-38)15-33(14-31)45-9-12-54(66-30-42-27-63-42)51-18-36(3-6-48(45)51)57-21-39-24-60-39/h1-18,37-42H,19-30H2. The molecule has 0 saturated carbocycles. The normalized spacial score (nSPS) is 23.1. The van der Waals surface area contributed by atoms with Crippen LogP contribution in [0.3, 0.4) is 0 Å². The highest BCUT2D eigenvalue weighted by molar-refractivity contribution is 6.07. The third-order valence-corrected chi connectivity index (χ3v) is 12.7. The minimum Gasteiger partial charge on any atom is -0.491 e. The van der Waals surface area contributed by atoms with Gasteiger partial charge in [0.1, 0.15) is 111 Å². The lowest BCUT2D eigenvalue weighted by atomic mass is 9.88. The maximum atomic E-state index is 6.42. The van der Waals surface area contributed by atoms with E-state index in [1.807, 2.05) is 18.2 Å². The van der Waals surface area contributed by atoms with E-state index in [0.29, 0.717) is 59.5 Å². The van der Waals surface area contributed by atoms with Gasteiger partial charge in [0.15, 0.2) is 0 Å². The Morgan fingerprint density at radius 2 is 0.545 bits per heavy atom. The van der Waals surface area contributed by atoms with Crippen LogP contribution in [-0.4, -0.2) is 116 Å². The van der Waals surface area contributed by atoms with E-state index in [4.69, 9.17) is 56.8 Å². The zero-order valence-electron chi connectivity index (χ0n) is 36.2. The van der Waals surface area contributed by atoms with Gasteiger partial charge in [-0.3, -0.25) is 0 Å². The molecule has 66 heavy (non-hydrogen) atoms. The summed E-state index contributed by atoms with van der Waals surface area (Å²) < 4.78 is 70.8. The molecule has 0 radical (unpaired) electrons. The molecular weight excluding hydrogens is 841 g/mol. The van der Waals surface area contributed by atoms with Crippen LogP contribution in [0.2, 0.25) is 0 Å². The number of epoxide rings is 6. The third kappa shape index (κ3) is 9.05. The Bertz CT molecular complexity index is 2630. The van der Waals surface area contributed by atoms with Gasteiger partial charge < -0.3 is 56.8 Å². The SMILES string of the molecule is c1cc2c(-c3cc(-c4ccc(OCC5CO5)c5cc(OCC6CO6)ccc45)cc(-c4ccc(OCC5CO5)c5cc(OCC6CO6)ccc45)c3)ccc(OCC3CO3)c2cc1OCC1CO1. The van der Waals surface area contributed by atoms with Crippen LogP contribution in [0.5, 0.6) is 34.5 Å². The van der Waals surface area contributed by atoms with Gasteiger partial charge in [-0.1, -0.05) is 18.2 Å². The highest BCUT2D eigenvalue weighted by Gasteiger charge is 2.28. The number of hydrogen-bond acceptors (Lipinski definition) is 12. The van der Waals surface area contributed by atoms with Gasteiger partial charge in [0.05, 0.1) is 39.6 Å². The largest absolute Gasteiger partial charge is 0.491 e. The van der Waals surface area contributed by atoms with Crippen LogP contribution < -0.4 is 28.4 Å². The molecule has 6 aliphatic heterocycles. The molecule has 0 bridgehead atoms. The Kier molecular flexibility index (Phi) is 10.3. The van der Waals surface area contributed by atoms with Gasteiger partial charge in [-0.05, 0) is 141 Å². The molecule has 7 aromatic rings. The zero-order chi connectivity index (χ0) is 43.6. The molecule has 0 aromatic heterocycles.